The number of anilines is 3. The van der Waals surface area contributed by atoms with E-state index >= 15 is 0 Å². The van der Waals surface area contributed by atoms with Gasteiger partial charge < -0.3 is 21.1 Å². The summed E-state index contributed by atoms with van der Waals surface area (Å²) in [6.07, 6.45) is 0.436. The molecule has 0 aliphatic rings. The number of aryl methyl sites for hydroxylation is 1. The van der Waals surface area contributed by atoms with Crippen LogP contribution in [0.5, 0.6) is 5.75 Å². The number of nitrogen functional groups attached to an aromatic ring is 1. The van der Waals surface area contributed by atoms with E-state index in [0.717, 1.165) is 5.82 Å². The van der Waals surface area contributed by atoms with Crippen LogP contribution in [0.15, 0.2) is 24.3 Å². The van der Waals surface area contributed by atoms with Crippen molar-refractivity contribution >= 4 is 63.1 Å². The SMILES string of the molecule is CNC(=O)c1c(Nc2cccc(-c3nc(C)n(PI)n3)c2OC)cc(Cl)nc1N. The highest BCUT2D eigenvalue weighted by molar-refractivity contribution is 14.2. The van der Waals surface area contributed by atoms with Gasteiger partial charge in [-0.25, -0.2) is 14.4 Å². The summed E-state index contributed by atoms with van der Waals surface area (Å²) in [5.41, 5.74) is 7.83. The molecule has 0 radical (unpaired) electrons. The zero-order valence-corrected chi connectivity index (χ0v) is 19.7. The second-order valence-corrected chi connectivity index (χ2v) is 8.25. The largest absolute Gasteiger partial charge is 0.494 e. The Morgan fingerprint density at radius 3 is 2.72 bits per heavy atom. The number of halogens is 2. The highest BCUT2D eigenvalue weighted by Gasteiger charge is 2.20. The van der Waals surface area contributed by atoms with E-state index in [4.69, 9.17) is 22.1 Å². The first-order valence-electron chi connectivity index (χ1n) is 8.32. The smallest absolute Gasteiger partial charge is 0.256 e. The number of nitrogens with zero attached hydrogens (tertiary/aromatic N) is 4. The molecule has 1 unspecified atom stereocenters. The van der Waals surface area contributed by atoms with E-state index in [0.29, 0.717) is 34.9 Å². The number of hydrogen-bond acceptors (Lipinski definition) is 7. The normalized spacial score (nSPS) is 11.1. The second-order valence-electron chi connectivity index (χ2n) is 5.82. The second kappa shape index (κ2) is 9.10. The minimum absolute atomic E-state index is 0.0218. The topological polar surface area (TPSA) is 120 Å². The Morgan fingerprint density at radius 1 is 1.34 bits per heavy atom. The summed E-state index contributed by atoms with van der Waals surface area (Å²) in [6, 6.07) is 7.05. The lowest BCUT2D eigenvalue weighted by Gasteiger charge is -2.17. The first kappa shape index (κ1) is 21.5. The van der Waals surface area contributed by atoms with Gasteiger partial charge in [0.15, 0.2) is 11.6 Å². The van der Waals surface area contributed by atoms with Crippen molar-refractivity contribution in [2.24, 2.45) is 0 Å². The lowest BCUT2D eigenvalue weighted by Crippen LogP contribution is -2.21. The van der Waals surface area contributed by atoms with Gasteiger partial charge in [-0.3, -0.25) is 4.79 Å². The molecular weight excluding hydrogens is 528 g/mol. The van der Waals surface area contributed by atoms with Crippen molar-refractivity contribution in [1.82, 2.24) is 24.8 Å². The van der Waals surface area contributed by atoms with Crippen LogP contribution in [-0.2, 0) is 0 Å². The number of carbonyl (C=O) groups is 1. The summed E-state index contributed by atoms with van der Waals surface area (Å²) >= 11 is 8.30. The van der Waals surface area contributed by atoms with E-state index in [1.54, 1.807) is 7.11 Å². The maximum absolute atomic E-state index is 12.3. The highest BCUT2D eigenvalue weighted by Crippen LogP contribution is 2.39. The fraction of sp³-hybridized carbons (Fsp3) is 0.176. The molecule has 1 atom stereocenters. The lowest BCUT2D eigenvalue weighted by atomic mass is 10.1. The van der Waals surface area contributed by atoms with Crippen molar-refractivity contribution in [3.8, 4) is 17.1 Å². The van der Waals surface area contributed by atoms with Crippen LogP contribution in [0.25, 0.3) is 11.4 Å². The summed E-state index contributed by atoms with van der Waals surface area (Å²) in [5, 5.41) is 10.4. The number of methoxy groups -OCH3 is 1. The Kier molecular flexibility index (Phi) is 6.76. The van der Waals surface area contributed by atoms with Crippen LogP contribution in [0.2, 0.25) is 5.15 Å². The molecule has 9 nitrogen and oxygen atoms in total. The Balaban J connectivity index is 2.11. The van der Waals surface area contributed by atoms with Crippen molar-refractivity contribution in [2.75, 3.05) is 25.2 Å². The molecule has 2 heterocycles. The van der Waals surface area contributed by atoms with Gasteiger partial charge in [0.25, 0.3) is 5.91 Å². The summed E-state index contributed by atoms with van der Waals surface area (Å²) < 4.78 is 7.46. The van der Waals surface area contributed by atoms with Crippen molar-refractivity contribution in [3.63, 3.8) is 0 Å². The molecular formula is C17H18ClIN7O2P. The molecule has 2 aromatic heterocycles. The number of rotatable bonds is 6. The molecule has 1 aromatic carbocycles. The average Bonchev–Trinajstić information content (AvgIpc) is 3.07. The maximum Gasteiger partial charge on any atom is 0.256 e. The van der Waals surface area contributed by atoms with E-state index in [9.17, 15) is 4.79 Å². The summed E-state index contributed by atoms with van der Waals surface area (Å²) in [5.74, 6) is 1.52. The lowest BCUT2D eigenvalue weighted by molar-refractivity contribution is 0.0964. The molecule has 0 aliphatic heterocycles. The van der Waals surface area contributed by atoms with Crippen LogP contribution < -0.4 is 21.1 Å². The average molecular weight is 546 g/mol. The predicted molar refractivity (Wildman–Crippen MR) is 125 cm³/mol. The number of pyridine rings is 1. The molecule has 0 saturated heterocycles. The molecule has 0 saturated carbocycles. The number of hydrogen-bond donors (Lipinski definition) is 3. The Bertz CT molecular complexity index is 1080. The Morgan fingerprint density at radius 2 is 2.10 bits per heavy atom. The first-order chi connectivity index (χ1) is 13.9. The molecule has 3 rings (SSSR count). The van der Waals surface area contributed by atoms with Crippen LogP contribution in [0.1, 0.15) is 16.2 Å². The fourth-order valence-electron chi connectivity index (χ4n) is 2.76. The molecule has 0 fully saturated rings. The van der Waals surface area contributed by atoms with Crippen molar-refractivity contribution < 1.29 is 9.53 Å². The minimum Gasteiger partial charge on any atom is -0.494 e. The molecule has 0 spiro atoms. The summed E-state index contributed by atoms with van der Waals surface area (Å²) in [4.78, 5) is 20.8. The number of amides is 1. The molecule has 152 valence electrons. The Labute approximate surface area is 187 Å². The van der Waals surface area contributed by atoms with Crippen LogP contribution in [0.3, 0.4) is 0 Å². The molecule has 1 amide bonds. The van der Waals surface area contributed by atoms with Gasteiger partial charge in [0, 0.05) is 7.05 Å². The number of nitrogens with one attached hydrogen (secondary N) is 2. The highest BCUT2D eigenvalue weighted by atomic mass is 127. The van der Waals surface area contributed by atoms with Crippen LogP contribution in [-0.4, -0.2) is 39.6 Å². The fourth-order valence-corrected chi connectivity index (χ4v) is 4.63. The van der Waals surface area contributed by atoms with Crippen LogP contribution in [0.4, 0.5) is 17.2 Å². The van der Waals surface area contributed by atoms with Crippen molar-refractivity contribution in [3.05, 3.63) is 40.8 Å². The van der Waals surface area contributed by atoms with Gasteiger partial charge in [-0.15, -0.1) is 5.10 Å². The minimum atomic E-state index is -0.386. The van der Waals surface area contributed by atoms with Gasteiger partial charge in [-0.2, -0.15) is 0 Å². The monoisotopic (exact) mass is 545 g/mol. The number of aromatic nitrogens is 4. The molecule has 0 aliphatic carbocycles. The van der Waals surface area contributed by atoms with E-state index in [1.165, 1.54) is 13.1 Å². The van der Waals surface area contributed by atoms with Gasteiger partial charge in [0.2, 0.25) is 0 Å². The van der Waals surface area contributed by atoms with Gasteiger partial charge in [-0.1, -0.05) is 17.7 Å². The zero-order chi connectivity index (χ0) is 21.1. The van der Waals surface area contributed by atoms with E-state index < -0.39 is 0 Å². The van der Waals surface area contributed by atoms with Crippen molar-refractivity contribution in [2.45, 2.75) is 6.92 Å². The quantitative estimate of drug-likeness (QED) is 0.245. The first-order valence-corrected chi connectivity index (χ1v) is 12.8. The number of benzene rings is 1. The van der Waals surface area contributed by atoms with Crippen molar-refractivity contribution in [1.29, 1.82) is 0 Å². The van der Waals surface area contributed by atoms with Crippen LogP contribution in [0, 0.1) is 6.92 Å². The van der Waals surface area contributed by atoms with Crippen LogP contribution >= 0.6 is 40.0 Å². The van der Waals surface area contributed by atoms with Gasteiger partial charge in [0.1, 0.15) is 22.4 Å². The number of para-hydroxylation sites is 1. The molecule has 0 bridgehead atoms. The third-order valence-corrected chi connectivity index (χ3v) is 6.20. The number of carbonyl (C=O) groups excluding carboxylic acids is 1. The number of ether oxygens (including phenoxy) is 1. The van der Waals surface area contributed by atoms with Gasteiger partial charge in [-0.05, 0) is 47.2 Å². The number of nitrogens with two attached hydrogens (primary N) is 1. The predicted octanol–water partition coefficient (Wildman–Crippen LogP) is 3.79. The molecule has 4 N–H and O–H groups in total. The maximum atomic E-state index is 12.3. The van der Waals surface area contributed by atoms with E-state index in [2.05, 4.69) is 47.7 Å². The Hall–Kier alpha value is -2.17. The van der Waals surface area contributed by atoms with E-state index in [-0.39, 0.29) is 22.4 Å². The molecule has 3 aromatic rings. The summed E-state index contributed by atoms with van der Waals surface area (Å²) in [7, 11) is 3.07. The third kappa shape index (κ3) is 4.39. The van der Waals surface area contributed by atoms with Gasteiger partial charge >= 0.3 is 0 Å². The van der Waals surface area contributed by atoms with Gasteiger partial charge in [0.05, 0.1) is 30.4 Å². The van der Waals surface area contributed by atoms with E-state index in [1.807, 2.05) is 29.6 Å². The third-order valence-electron chi connectivity index (χ3n) is 4.05. The summed E-state index contributed by atoms with van der Waals surface area (Å²) in [6.45, 7) is 1.90. The molecule has 12 heteroatoms. The standard InChI is InChI=1S/C17H18ClIN7O2P/c1-8-22-16(25-26(8)29-19)9-5-4-6-10(14(9)28-3)23-11-7-12(18)24-15(20)13(11)17(27)21-2/h4-7,29H,1-3H3,(H,21,27)(H3,20,23,24). The zero-order valence-electron chi connectivity index (χ0n) is 15.7. The molecule has 29 heavy (non-hydrogen) atoms.